The first kappa shape index (κ1) is 12.0. The van der Waals surface area contributed by atoms with Gasteiger partial charge in [-0.3, -0.25) is 0 Å². The van der Waals surface area contributed by atoms with Crippen molar-refractivity contribution in [3.05, 3.63) is 46.7 Å². The van der Waals surface area contributed by atoms with Crippen LogP contribution in [0.3, 0.4) is 0 Å². The molecule has 1 nitrogen and oxygen atoms in total. The highest BCUT2D eigenvalue weighted by molar-refractivity contribution is 9.10. The van der Waals surface area contributed by atoms with E-state index in [-0.39, 0.29) is 12.4 Å². The van der Waals surface area contributed by atoms with Crippen molar-refractivity contribution < 1.29 is 9.13 Å². The second kappa shape index (κ2) is 5.12. The Labute approximate surface area is 97.4 Å². The maximum absolute atomic E-state index is 13.7. The summed E-state index contributed by atoms with van der Waals surface area (Å²) in [5, 5.41) is 0. The van der Waals surface area contributed by atoms with Crippen LogP contribution in [0.1, 0.15) is 11.1 Å². The third-order valence-electron chi connectivity index (χ3n) is 1.98. The number of halogens is 2. The van der Waals surface area contributed by atoms with Crippen LogP contribution in [0.25, 0.3) is 6.08 Å². The van der Waals surface area contributed by atoms with Crippen molar-refractivity contribution in [2.75, 3.05) is 6.61 Å². The van der Waals surface area contributed by atoms with Crippen LogP contribution in [0.4, 0.5) is 4.39 Å². The highest BCUT2D eigenvalue weighted by atomic mass is 79.9. The second-order valence-corrected chi connectivity index (χ2v) is 3.83. The Morgan fingerprint density at radius 2 is 2.20 bits per heavy atom. The van der Waals surface area contributed by atoms with Gasteiger partial charge < -0.3 is 4.74 Å². The SMILES string of the molecule is C=CCOc1cc(C)c(C=C)c(Br)c1F. The average molecular weight is 271 g/mol. The first-order chi connectivity index (χ1) is 7.11. The fourth-order valence-electron chi connectivity index (χ4n) is 1.24. The van der Waals surface area contributed by atoms with Crippen LogP contribution in [-0.2, 0) is 0 Å². The topological polar surface area (TPSA) is 9.23 Å². The van der Waals surface area contributed by atoms with E-state index in [2.05, 4.69) is 29.1 Å². The van der Waals surface area contributed by atoms with Gasteiger partial charge in [-0.25, -0.2) is 4.39 Å². The third-order valence-corrected chi connectivity index (χ3v) is 2.75. The van der Waals surface area contributed by atoms with Crippen LogP contribution < -0.4 is 4.74 Å². The summed E-state index contributed by atoms with van der Waals surface area (Å²) >= 11 is 3.18. The summed E-state index contributed by atoms with van der Waals surface area (Å²) in [6.45, 7) is 9.31. The minimum Gasteiger partial charge on any atom is -0.486 e. The van der Waals surface area contributed by atoms with Crippen LogP contribution in [0, 0.1) is 12.7 Å². The van der Waals surface area contributed by atoms with Gasteiger partial charge in [-0.15, -0.1) is 0 Å². The molecule has 1 aromatic rings. The number of benzene rings is 1. The van der Waals surface area contributed by atoms with E-state index in [0.29, 0.717) is 4.47 Å². The fraction of sp³-hybridized carbons (Fsp3) is 0.167. The van der Waals surface area contributed by atoms with E-state index in [1.807, 2.05) is 6.92 Å². The Balaban J connectivity index is 3.20. The van der Waals surface area contributed by atoms with E-state index in [4.69, 9.17) is 4.74 Å². The zero-order valence-electron chi connectivity index (χ0n) is 8.52. The molecule has 0 radical (unpaired) electrons. The zero-order chi connectivity index (χ0) is 11.4. The van der Waals surface area contributed by atoms with Gasteiger partial charge in [0.1, 0.15) is 6.61 Å². The summed E-state index contributed by atoms with van der Waals surface area (Å²) in [5.41, 5.74) is 1.66. The monoisotopic (exact) mass is 270 g/mol. The molecule has 0 heterocycles. The van der Waals surface area contributed by atoms with Gasteiger partial charge in [0.25, 0.3) is 0 Å². The molecule has 15 heavy (non-hydrogen) atoms. The third kappa shape index (κ3) is 2.48. The van der Waals surface area contributed by atoms with Gasteiger partial charge in [-0.05, 0) is 40.0 Å². The van der Waals surface area contributed by atoms with Crippen LogP contribution >= 0.6 is 15.9 Å². The first-order valence-electron chi connectivity index (χ1n) is 4.46. The van der Waals surface area contributed by atoms with Crippen molar-refractivity contribution in [1.82, 2.24) is 0 Å². The Hall–Kier alpha value is -1.09. The molecule has 0 bridgehead atoms. The van der Waals surface area contributed by atoms with Gasteiger partial charge in [0.15, 0.2) is 11.6 Å². The van der Waals surface area contributed by atoms with E-state index < -0.39 is 5.82 Å². The predicted molar refractivity (Wildman–Crippen MR) is 64.6 cm³/mol. The van der Waals surface area contributed by atoms with Crippen LogP contribution in [0.5, 0.6) is 5.75 Å². The Bertz CT molecular complexity index is 399. The molecular weight excluding hydrogens is 259 g/mol. The van der Waals surface area contributed by atoms with Crippen molar-refractivity contribution in [3.8, 4) is 5.75 Å². The summed E-state index contributed by atoms with van der Waals surface area (Å²) in [5.74, 6) is -0.178. The van der Waals surface area contributed by atoms with Crippen molar-refractivity contribution in [3.63, 3.8) is 0 Å². The van der Waals surface area contributed by atoms with Crippen LogP contribution in [-0.4, -0.2) is 6.61 Å². The maximum atomic E-state index is 13.7. The maximum Gasteiger partial charge on any atom is 0.179 e. The van der Waals surface area contributed by atoms with Gasteiger partial charge in [0.05, 0.1) is 4.47 Å². The molecule has 0 aromatic heterocycles. The Morgan fingerprint density at radius 1 is 1.53 bits per heavy atom. The fourth-order valence-corrected chi connectivity index (χ4v) is 1.91. The molecule has 0 aliphatic carbocycles. The molecule has 3 heteroatoms. The minimum absolute atomic E-state index is 0.227. The molecule has 80 valence electrons. The molecule has 0 unspecified atom stereocenters. The van der Waals surface area contributed by atoms with Crippen molar-refractivity contribution in [2.45, 2.75) is 6.92 Å². The van der Waals surface area contributed by atoms with Gasteiger partial charge in [0.2, 0.25) is 0 Å². The lowest BCUT2D eigenvalue weighted by atomic mass is 10.1. The van der Waals surface area contributed by atoms with E-state index in [0.717, 1.165) is 11.1 Å². The normalized spacial score (nSPS) is 9.80. The van der Waals surface area contributed by atoms with Gasteiger partial charge >= 0.3 is 0 Å². The second-order valence-electron chi connectivity index (χ2n) is 3.04. The van der Waals surface area contributed by atoms with E-state index >= 15 is 0 Å². The molecule has 1 aromatic carbocycles. The predicted octanol–water partition coefficient (Wildman–Crippen LogP) is 4.10. The first-order valence-corrected chi connectivity index (χ1v) is 5.25. The number of rotatable bonds is 4. The standard InChI is InChI=1S/C12H12BrFO/c1-4-6-15-10-7-8(3)9(5-2)11(13)12(10)14/h4-5,7H,1-2,6H2,3H3. The molecule has 0 N–H and O–H groups in total. The number of hydrogen-bond donors (Lipinski definition) is 0. The van der Waals surface area contributed by atoms with E-state index in [9.17, 15) is 4.39 Å². The summed E-state index contributed by atoms with van der Waals surface area (Å²) in [6.07, 6.45) is 3.18. The van der Waals surface area contributed by atoms with Crippen molar-refractivity contribution >= 4 is 22.0 Å². The highest BCUT2D eigenvalue weighted by Crippen LogP contribution is 2.32. The molecule has 0 amide bonds. The molecule has 1 rings (SSSR count). The minimum atomic E-state index is -0.405. The van der Waals surface area contributed by atoms with Gasteiger partial charge in [0, 0.05) is 0 Å². The highest BCUT2D eigenvalue weighted by Gasteiger charge is 2.13. The molecule has 0 spiro atoms. The number of ether oxygens (including phenoxy) is 1. The van der Waals surface area contributed by atoms with E-state index in [1.165, 1.54) is 0 Å². The lowest BCUT2D eigenvalue weighted by Crippen LogP contribution is -1.98. The number of aryl methyl sites for hydroxylation is 1. The molecule has 0 fully saturated rings. The van der Waals surface area contributed by atoms with E-state index in [1.54, 1.807) is 18.2 Å². The largest absolute Gasteiger partial charge is 0.486 e. The molecule has 0 atom stereocenters. The van der Waals surface area contributed by atoms with Crippen LogP contribution in [0.2, 0.25) is 0 Å². The summed E-state index contributed by atoms with van der Waals surface area (Å²) in [7, 11) is 0. The molecule has 0 saturated carbocycles. The lowest BCUT2D eigenvalue weighted by molar-refractivity contribution is 0.340. The Kier molecular flexibility index (Phi) is 4.09. The summed E-state index contributed by atoms with van der Waals surface area (Å²) < 4.78 is 19.3. The zero-order valence-corrected chi connectivity index (χ0v) is 10.1. The molecular formula is C12H12BrFO. The lowest BCUT2D eigenvalue weighted by Gasteiger charge is -2.10. The molecule has 0 saturated heterocycles. The average Bonchev–Trinajstić information content (AvgIpc) is 2.22. The van der Waals surface area contributed by atoms with Gasteiger partial charge in [-0.2, -0.15) is 0 Å². The van der Waals surface area contributed by atoms with Crippen molar-refractivity contribution in [1.29, 1.82) is 0 Å². The van der Waals surface area contributed by atoms with Crippen LogP contribution in [0.15, 0.2) is 29.8 Å². The smallest absolute Gasteiger partial charge is 0.179 e. The Morgan fingerprint density at radius 3 is 2.73 bits per heavy atom. The van der Waals surface area contributed by atoms with Gasteiger partial charge in [-0.1, -0.05) is 25.3 Å². The quantitative estimate of drug-likeness (QED) is 0.749. The van der Waals surface area contributed by atoms with Crippen molar-refractivity contribution in [2.24, 2.45) is 0 Å². The molecule has 0 aliphatic rings. The number of hydrogen-bond acceptors (Lipinski definition) is 1. The summed E-state index contributed by atoms with van der Waals surface area (Å²) in [6, 6.07) is 1.65. The summed E-state index contributed by atoms with van der Waals surface area (Å²) in [4.78, 5) is 0. The molecule has 0 aliphatic heterocycles.